The summed E-state index contributed by atoms with van der Waals surface area (Å²) in [4.78, 5) is 42.6. The molecule has 1 aromatic rings. The number of likely N-dealkylation sites (tertiary alicyclic amines) is 1. The quantitative estimate of drug-likeness (QED) is 0.626. The zero-order valence-corrected chi connectivity index (χ0v) is 22.5. The van der Waals surface area contributed by atoms with Gasteiger partial charge in [-0.25, -0.2) is 4.79 Å². The molecule has 0 radical (unpaired) electrons. The maximum absolute atomic E-state index is 13.4. The lowest BCUT2D eigenvalue weighted by molar-refractivity contribution is -0.134. The Labute approximate surface area is 215 Å². The van der Waals surface area contributed by atoms with Gasteiger partial charge in [-0.15, -0.1) is 0 Å². The molecule has 3 amide bonds. The summed E-state index contributed by atoms with van der Waals surface area (Å²) in [5.74, 6) is -1.06. The van der Waals surface area contributed by atoms with Crippen molar-refractivity contribution in [3.8, 4) is 0 Å². The summed E-state index contributed by atoms with van der Waals surface area (Å²) in [6, 6.07) is 6.31. The molecule has 1 saturated heterocycles. The lowest BCUT2D eigenvalue weighted by atomic mass is 9.86. The number of hydrogen-bond acceptors (Lipinski definition) is 5. The molecule has 0 saturated carbocycles. The summed E-state index contributed by atoms with van der Waals surface area (Å²) in [5, 5.41) is 2.84. The third-order valence-electron chi connectivity index (χ3n) is 7.06. The number of nitrogens with two attached hydrogens (primary N) is 1. The standard InChI is InChI=1S/C28H42N4O4/c1-18-7-8-19(2)32(27(35)36-28(3,4)5)24(18)26(34)30-23(25(29)33)17-20-9-11-21(12-10-20)22-13-15-31(6)16-14-22/h9-13,18-19,23-24H,7-8,14-17H2,1-6H3,(H2,29,33)(H,30,34)/t18-,19+,23+,24+/m1/s1. The van der Waals surface area contributed by atoms with Gasteiger partial charge in [0.15, 0.2) is 0 Å². The largest absolute Gasteiger partial charge is 0.444 e. The monoisotopic (exact) mass is 498 g/mol. The minimum absolute atomic E-state index is 0.0793. The van der Waals surface area contributed by atoms with E-state index in [2.05, 4.69) is 35.5 Å². The second-order valence-electron chi connectivity index (χ2n) is 11.3. The molecule has 0 aromatic heterocycles. The third-order valence-corrected chi connectivity index (χ3v) is 7.06. The van der Waals surface area contributed by atoms with Crippen LogP contribution in [0.1, 0.15) is 65.0 Å². The maximum Gasteiger partial charge on any atom is 0.411 e. The Balaban J connectivity index is 1.72. The van der Waals surface area contributed by atoms with Crippen molar-refractivity contribution in [2.45, 2.75) is 84.0 Å². The molecule has 0 spiro atoms. The van der Waals surface area contributed by atoms with Crippen LogP contribution in [0.25, 0.3) is 5.57 Å². The van der Waals surface area contributed by atoms with Crippen molar-refractivity contribution in [3.63, 3.8) is 0 Å². The van der Waals surface area contributed by atoms with Crippen LogP contribution in [0.15, 0.2) is 30.3 Å². The highest BCUT2D eigenvalue weighted by Gasteiger charge is 2.43. The molecular formula is C28H42N4O4. The Hall–Kier alpha value is -2.87. The molecule has 3 rings (SSSR count). The zero-order chi connectivity index (χ0) is 26.6. The SMILES string of the molecule is C[C@@H]1CC[C@H](C)N(C(=O)OC(C)(C)C)[C@@H]1C(=O)N[C@@H](Cc1ccc(C2=CCN(C)CC2)cc1)C(N)=O. The van der Waals surface area contributed by atoms with Gasteiger partial charge in [-0.3, -0.25) is 14.5 Å². The van der Waals surface area contributed by atoms with Crippen molar-refractivity contribution in [1.82, 2.24) is 15.1 Å². The van der Waals surface area contributed by atoms with Crippen molar-refractivity contribution in [2.75, 3.05) is 20.1 Å². The second-order valence-corrected chi connectivity index (χ2v) is 11.3. The molecule has 198 valence electrons. The predicted molar refractivity (Wildman–Crippen MR) is 141 cm³/mol. The van der Waals surface area contributed by atoms with Gasteiger partial charge in [-0.05, 0) is 76.6 Å². The molecule has 1 fully saturated rings. The van der Waals surface area contributed by atoms with Crippen LogP contribution >= 0.6 is 0 Å². The van der Waals surface area contributed by atoms with Crippen LogP contribution in [0.5, 0.6) is 0 Å². The van der Waals surface area contributed by atoms with Crippen molar-refractivity contribution >= 4 is 23.5 Å². The number of nitrogens with one attached hydrogen (secondary N) is 1. The first-order valence-corrected chi connectivity index (χ1v) is 12.9. The minimum Gasteiger partial charge on any atom is -0.444 e. The van der Waals surface area contributed by atoms with Gasteiger partial charge < -0.3 is 20.7 Å². The number of carbonyl (C=O) groups excluding carboxylic acids is 3. The molecule has 1 aromatic carbocycles. The van der Waals surface area contributed by atoms with Crippen molar-refractivity contribution < 1.29 is 19.1 Å². The number of nitrogens with zero attached hydrogens (tertiary/aromatic N) is 2. The van der Waals surface area contributed by atoms with Crippen molar-refractivity contribution in [1.29, 1.82) is 0 Å². The fourth-order valence-electron chi connectivity index (χ4n) is 4.95. The fraction of sp³-hybridized carbons (Fsp3) is 0.607. The summed E-state index contributed by atoms with van der Waals surface area (Å²) < 4.78 is 5.60. The van der Waals surface area contributed by atoms with Gasteiger partial charge in [-0.1, -0.05) is 37.3 Å². The van der Waals surface area contributed by atoms with Gasteiger partial charge >= 0.3 is 6.09 Å². The molecule has 3 N–H and O–H groups in total. The van der Waals surface area contributed by atoms with E-state index in [0.717, 1.165) is 37.9 Å². The smallest absolute Gasteiger partial charge is 0.411 e. The number of benzene rings is 1. The van der Waals surface area contributed by atoms with Crippen LogP contribution in [0.3, 0.4) is 0 Å². The average Bonchev–Trinajstić information content (AvgIpc) is 2.79. The molecule has 4 atom stereocenters. The van der Waals surface area contributed by atoms with Gasteiger partial charge in [0, 0.05) is 25.6 Å². The Kier molecular flexibility index (Phi) is 8.82. The van der Waals surface area contributed by atoms with Gasteiger partial charge in [-0.2, -0.15) is 0 Å². The molecule has 8 nitrogen and oxygen atoms in total. The first kappa shape index (κ1) is 27.7. The molecule has 0 bridgehead atoms. The van der Waals surface area contributed by atoms with Gasteiger partial charge in [0.1, 0.15) is 17.7 Å². The van der Waals surface area contributed by atoms with Gasteiger partial charge in [0.2, 0.25) is 11.8 Å². The van der Waals surface area contributed by atoms with Crippen molar-refractivity contribution in [3.05, 3.63) is 41.5 Å². The van der Waals surface area contributed by atoms with E-state index >= 15 is 0 Å². The van der Waals surface area contributed by atoms with Crippen LogP contribution in [-0.2, 0) is 20.7 Å². The number of carbonyl (C=O) groups is 3. The molecule has 8 heteroatoms. The highest BCUT2D eigenvalue weighted by atomic mass is 16.6. The Morgan fingerprint density at radius 2 is 1.81 bits per heavy atom. The van der Waals surface area contributed by atoms with Crippen LogP contribution in [0.4, 0.5) is 4.79 Å². The number of primary amides is 1. The van der Waals surface area contributed by atoms with E-state index < -0.39 is 29.7 Å². The highest BCUT2D eigenvalue weighted by molar-refractivity contribution is 5.91. The first-order chi connectivity index (χ1) is 16.9. The topological polar surface area (TPSA) is 105 Å². The van der Waals surface area contributed by atoms with E-state index in [1.54, 1.807) is 20.8 Å². The Morgan fingerprint density at radius 3 is 2.36 bits per heavy atom. The van der Waals surface area contributed by atoms with E-state index in [4.69, 9.17) is 10.5 Å². The number of amides is 3. The lowest BCUT2D eigenvalue weighted by Gasteiger charge is -2.43. The van der Waals surface area contributed by atoms with E-state index in [0.29, 0.717) is 0 Å². The van der Waals surface area contributed by atoms with Gasteiger partial charge in [0.25, 0.3) is 0 Å². The van der Waals surface area contributed by atoms with E-state index in [9.17, 15) is 14.4 Å². The highest BCUT2D eigenvalue weighted by Crippen LogP contribution is 2.30. The summed E-state index contributed by atoms with van der Waals surface area (Å²) in [6.45, 7) is 11.2. The normalized spacial score (nSPS) is 24.0. The first-order valence-electron chi connectivity index (χ1n) is 12.9. The predicted octanol–water partition coefficient (Wildman–Crippen LogP) is 3.34. The number of likely N-dealkylation sites (N-methyl/N-ethyl adjacent to an activating group) is 1. The molecular weight excluding hydrogens is 456 g/mol. The van der Waals surface area contributed by atoms with Crippen molar-refractivity contribution in [2.24, 2.45) is 11.7 Å². The molecule has 2 aliphatic heterocycles. The van der Waals surface area contributed by atoms with E-state index in [-0.39, 0.29) is 24.3 Å². The number of ether oxygens (including phenoxy) is 1. The Bertz CT molecular complexity index is 982. The molecule has 2 aliphatic rings. The van der Waals surface area contributed by atoms with Gasteiger partial charge in [0.05, 0.1) is 0 Å². The summed E-state index contributed by atoms with van der Waals surface area (Å²) in [5.41, 5.74) is 8.41. The van der Waals surface area contributed by atoms with Crippen LogP contribution in [-0.4, -0.2) is 71.6 Å². The van der Waals surface area contributed by atoms with Crippen LogP contribution in [0, 0.1) is 5.92 Å². The minimum atomic E-state index is -0.879. The summed E-state index contributed by atoms with van der Waals surface area (Å²) in [7, 11) is 2.11. The second kappa shape index (κ2) is 11.5. The Morgan fingerprint density at radius 1 is 1.14 bits per heavy atom. The third kappa shape index (κ3) is 7.09. The molecule has 0 unspecified atom stereocenters. The summed E-state index contributed by atoms with van der Waals surface area (Å²) in [6.07, 6.45) is 4.59. The number of hydrogen-bond donors (Lipinski definition) is 2. The van der Waals surface area contributed by atoms with E-state index in [1.165, 1.54) is 16.0 Å². The average molecular weight is 499 g/mol. The summed E-state index contributed by atoms with van der Waals surface area (Å²) >= 11 is 0. The number of piperidine rings is 1. The van der Waals surface area contributed by atoms with Crippen LogP contribution < -0.4 is 11.1 Å². The fourth-order valence-corrected chi connectivity index (χ4v) is 4.95. The zero-order valence-electron chi connectivity index (χ0n) is 22.5. The number of rotatable bonds is 6. The lowest BCUT2D eigenvalue weighted by Crippen LogP contribution is -2.61. The van der Waals surface area contributed by atoms with E-state index in [1.807, 2.05) is 26.0 Å². The molecule has 36 heavy (non-hydrogen) atoms. The molecule has 2 heterocycles. The van der Waals surface area contributed by atoms with Crippen LogP contribution in [0.2, 0.25) is 0 Å². The molecule has 0 aliphatic carbocycles. The maximum atomic E-state index is 13.4.